The lowest BCUT2D eigenvalue weighted by Gasteiger charge is -2.35. The molecule has 0 N–H and O–H groups in total. The fourth-order valence-corrected chi connectivity index (χ4v) is 4.72. The number of hydrogen-bond acceptors (Lipinski definition) is 6. The van der Waals surface area contributed by atoms with Crippen LogP contribution >= 0.6 is 11.3 Å². The summed E-state index contributed by atoms with van der Waals surface area (Å²) in [6, 6.07) is 16.2. The van der Waals surface area contributed by atoms with Crippen molar-refractivity contribution in [3.05, 3.63) is 52.2 Å². The van der Waals surface area contributed by atoms with Crippen LogP contribution in [0.5, 0.6) is 5.75 Å². The molecule has 2 atom stereocenters. The summed E-state index contributed by atoms with van der Waals surface area (Å²) in [4.78, 5) is 6.28. The van der Waals surface area contributed by atoms with E-state index in [-0.39, 0.29) is 5.92 Å². The second-order valence-corrected chi connectivity index (χ2v) is 8.99. The molecule has 2 aromatic rings. The number of piperazine rings is 1. The highest BCUT2D eigenvalue weighted by Crippen LogP contribution is 2.23. The van der Waals surface area contributed by atoms with Crippen molar-refractivity contribution in [2.75, 3.05) is 45.9 Å². The van der Waals surface area contributed by atoms with Crippen LogP contribution in [0.4, 0.5) is 0 Å². The molecule has 1 aromatic heterocycles. The molecule has 1 aromatic carbocycles. The SMILES string of the molecule is CC(Cc1cccs1)C(C#N)CCN1CCN(CCOc2cccc(C#N)c2)CC1. The molecule has 2 heterocycles. The highest BCUT2D eigenvalue weighted by atomic mass is 32.1. The summed E-state index contributed by atoms with van der Waals surface area (Å²) in [5, 5.41) is 20.7. The number of nitrogens with zero attached hydrogens (tertiary/aromatic N) is 4. The minimum Gasteiger partial charge on any atom is -0.492 e. The molecule has 0 saturated carbocycles. The Hall–Kier alpha value is -2.38. The third-order valence-electron chi connectivity index (χ3n) is 5.82. The standard InChI is InChI=1S/C24H30N4OS/c1-20(16-24-6-3-15-30-24)22(19-26)7-8-27-9-11-28(12-10-27)13-14-29-23-5-2-4-21(17-23)18-25/h2-6,15,17,20,22H,7-14,16H2,1H3. The average molecular weight is 423 g/mol. The summed E-state index contributed by atoms with van der Waals surface area (Å²) in [5.41, 5.74) is 0.626. The number of thiophene rings is 1. The van der Waals surface area contributed by atoms with Gasteiger partial charge in [-0.3, -0.25) is 4.90 Å². The van der Waals surface area contributed by atoms with Gasteiger partial charge in [0.2, 0.25) is 0 Å². The van der Waals surface area contributed by atoms with Crippen LogP contribution in [0.2, 0.25) is 0 Å². The van der Waals surface area contributed by atoms with Gasteiger partial charge < -0.3 is 9.64 Å². The summed E-state index contributed by atoms with van der Waals surface area (Å²) >= 11 is 1.78. The molecule has 2 unspecified atom stereocenters. The van der Waals surface area contributed by atoms with Crippen LogP contribution in [0.25, 0.3) is 0 Å². The number of benzene rings is 1. The first-order valence-corrected chi connectivity index (χ1v) is 11.6. The Morgan fingerprint density at radius 1 is 1.07 bits per heavy atom. The molecule has 0 aliphatic carbocycles. The van der Waals surface area contributed by atoms with Crippen molar-refractivity contribution in [2.24, 2.45) is 11.8 Å². The number of hydrogen-bond donors (Lipinski definition) is 0. The van der Waals surface area contributed by atoms with Crippen molar-refractivity contribution in [2.45, 2.75) is 19.8 Å². The highest BCUT2D eigenvalue weighted by molar-refractivity contribution is 7.09. The van der Waals surface area contributed by atoms with Gasteiger partial charge in [-0.25, -0.2) is 0 Å². The van der Waals surface area contributed by atoms with E-state index in [0.717, 1.165) is 57.9 Å². The van der Waals surface area contributed by atoms with Gasteiger partial charge in [0.15, 0.2) is 0 Å². The Labute approximate surface area is 184 Å². The van der Waals surface area contributed by atoms with E-state index in [9.17, 15) is 5.26 Å². The van der Waals surface area contributed by atoms with E-state index in [4.69, 9.17) is 10.00 Å². The summed E-state index contributed by atoms with van der Waals surface area (Å²) in [7, 11) is 0. The van der Waals surface area contributed by atoms with Crippen LogP contribution in [0.1, 0.15) is 23.8 Å². The van der Waals surface area contributed by atoms with Crippen LogP contribution < -0.4 is 4.74 Å². The third kappa shape index (κ3) is 6.85. The first-order valence-electron chi connectivity index (χ1n) is 10.7. The minimum atomic E-state index is 0.114. The van der Waals surface area contributed by atoms with Crippen LogP contribution in [0.3, 0.4) is 0 Å². The maximum absolute atomic E-state index is 9.62. The largest absolute Gasteiger partial charge is 0.492 e. The summed E-state index contributed by atoms with van der Waals surface area (Å²) in [5.74, 6) is 1.27. The van der Waals surface area contributed by atoms with Crippen molar-refractivity contribution in [3.8, 4) is 17.9 Å². The van der Waals surface area contributed by atoms with Gasteiger partial charge in [-0.1, -0.05) is 19.1 Å². The Balaban J connectivity index is 1.33. The Morgan fingerprint density at radius 2 is 1.83 bits per heavy atom. The zero-order chi connectivity index (χ0) is 21.2. The van der Waals surface area contributed by atoms with Gasteiger partial charge in [0.25, 0.3) is 0 Å². The predicted molar refractivity (Wildman–Crippen MR) is 120 cm³/mol. The summed E-state index contributed by atoms with van der Waals surface area (Å²) < 4.78 is 5.80. The molecule has 30 heavy (non-hydrogen) atoms. The van der Waals surface area contributed by atoms with Gasteiger partial charge in [-0.2, -0.15) is 10.5 Å². The van der Waals surface area contributed by atoms with Crippen molar-refractivity contribution < 1.29 is 4.74 Å². The Bertz CT molecular complexity index is 847. The van der Waals surface area contributed by atoms with Gasteiger partial charge in [-0.15, -0.1) is 11.3 Å². The van der Waals surface area contributed by atoms with Crippen molar-refractivity contribution in [3.63, 3.8) is 0 Å². The first kappa shape index (κ1) is 22.3. The number of ether oxygens (including phenoxy) is 1. The molecule has 6 heteroatoms. The zero-order valence-electron chi connectivity index (χ0n) is 17.7. The third-order valence-corrected chi connectivity index (χ3v) is 6.72. The zero-order valence-corrected chi connectivity index (χ0v) is 18.5. The Kier molecular flexibility index (Phi) is 8.71. The van der Waals surface area contributed by atoms with E-state index in [1.54, 1.807) is 23.5 Å². The van der Waals surface area contributed by atoms with Gasteiger partial charge in [0, 0.05) is 37.6 Å². The van der Waals surface area contributed by atoms with E-state index in [0.29, 0.717) is 18.1 Å². The van der Waals surface area contributed by atoms with Gasteiger partial charge in [0.1, 0.15) is 12.4 Å². The fourth-order valence-electron chi connectivity index (χ4n) is 3.87. The lowest BCUT2D eigenvalue weighted by molar-refractivity contribution is 0.112. The minimum absolute atomic E-state index is 0.114. The van der Waals surface area contributed by atoms with Gasteiger partial charge in [-0.05, 0) is 54.9 Å². The summed E-state index contributed by atoms with van der Waals surface area (Å²) in [6.07, 6.45) is 1.95. The van der Waals surface area contributed by atoms with Crippen LogP contribution in [-0.4, -0.2) is 55.7 Å². The number of rotatable bonds is 10. The normalized spacial score (nSPS) is 17.0. The molecule has 0 amide bonds. The van der Waals surface area contributed by atoms with E-state index in [1.807, 2.05) is 12.1 Å². The molecule has 1 aliphatic rings. The quantitative estimate of drug-likeness (QED) is 0.579. The molecule has 3 rings (SSSR count). The fraction of sp³-hybridized carbons (Fsp3) is 0.500. The van der Waals surface area contributed by atoms with Crippen molar-refractivity contribution in [1.29, 1.82) is 10.5 Å². The molecule has 1 aliphatic heterocycles. The van der Waals surface area contributed by atoms with E-state index < -0.39 is 0 Å². The Morgan fingerprint density at radius 3 is 2.50 bits per heavy atom. The van der Waals surface area contributed by atoms with Crippen molar-refractivity contribution in [1.82, 2.24) is 9.80 Å². The number of nitriles is 2. The summed E-state index contributed by atoms with van der Waals surface area (Å²) in [6.45, 7) is 8.88. The molecule has 1 saturated heterocycles. The maximum Gasteiger partial charge on any atom is 0.120 e. The molecule has 0 radical (unpaired) electrons. The molecular formula is C24H30N4OS. The molecule has 1 fully saturated rings. The molecule has 0 spiro atoms. The molecular weight excluding hydrogens is 392 g/mol. The second kappa shape index (κ2) is 11.7. The van der Waals surface area contributed by atoms with E-state index in [2.05, 4.69) is 46.4 Å². The monoisotopic (exact) mass is 422 g/mol. The average Bonchev–Trinajstić information content (AvgIpc) is 3.28. The van der Waals surface area contributed by atoms with E-state index >= 15 is 0 Å². The van der Waals surface area contributed by atoms with Crippen LogP contribution in [0, 0.1) is 34.5 Å². The van der Waals surface area contributed by atoms with Crippen LogP contribution in [-0.2, 0) is 6.42 Å². The smallest absolute Gasteiger partial charge is 0.120 e. The molecule has 5 nitrogen and oxygen atoms in total. The van der Waals surface area contributed by atoms with E-state index in [1.165, 1.54) is 4.88 Å². The predicted octanol–water partition coefficient (Wildman–Crippen LogP) is 4.02. The molecule has 0 bridgehead atoms. The second-order valence-electron chi connectivity index (χ2n) is 7.96. The topological polar surface area (TPSA) is 63.3 Å². The lowest BCUT2D eigenvalue weighted by atomic mass is 9.89. The van der Waals surface area contributed by atoms with Gasteiger partial charge in [0.05, 0.1) is 23.6 Å². The highest BCUT2D eigenvalue weighted by Gasteiger charge is 2.21. The van der Waals surface area contributed by atoms with Gasteiger partial charge >= 0.3 is 0 Å². The first-order chi connectivity index (χ1) is 14.7. The van der Waals surface area contributed by atoms with Crippen LogP contribution in [0.15, 0.2) is 41.8 Å². The molecule has 158 valence electrons. The maximum atomic E-state index is 9.62. The lowest BCUT2D eigenvalue weighted by Crippen LogP contribution is -2.47. The van der Waals surface area contributed by atoms with Crippen molar-refractivity contribution >= 4 is 11.3 Å².